The van der Waals surface area contributed by atoms with Crippen LogP contribution in [0.1, 0.15) is 113 Å². The average molecular weight is 1310 g/mol. The molecule has 1 aromatic heterocycles. The van der Waals surface area contributed by atoms with Crippen LogP contribution in [-0.2, 0) is 80.8 Å². The lowest BCUT2D eigenvalue weighted by atomic mass is 9.87. The second-order valence-corrected chi connectivity index (χ2v) is 25.2. The molecule has 7 rings (SSSR count). The summed E-state index contributed by atoms with van der Waals surface area (Å²) in [6.07, 6.45) is 6.29. The van der Waals surface area contributed by atoms with E-state index in [1.165, 1.54) is 16.9 Å². The van der Waals surface area contributed by atoms with Gasteiger partial charge in [-0.15, -0.1) is 0 Å². The van der Waals surface area contributed by atoms with E-state index in [2.05, 4.69) is 25.4 Å². The number of imidazole rings is 1. The Bertz CT molecular complexity index is 3200. The van der Waals surface area contributed by atoms with Crippen molar-refractivity contribution in [1.29, 1.82) is 0 Å². The van der Waals surface area contributed by atoms with Crippen molar-refractivity contribution in [3.05, 3.63) is 136 Å². The molecule has 2 fully saturated rings. The quantitative estimate of drug-likeness (QED) is 0.0469. The highest BCUT2D eigenvalue weighted by Gasteiger charge is 2.40. The number of nitrogens with zero attached hydrogens (tertiary/aromatic N) is 7. The van der Waals surface area contributed by atoms with Crippen LogP contribution in [0.15, 0.2) is 103 Å². The number of halogens is 2. The van der Waals surface area contributed by atoms with Gasteiger partial charge in [-0.25, -0.2) is 4.98 Å². The predicted octanol–water partition coefficient (Wildman–Crippen LogP) is 9.45. The minimum atomic E-state index is -1.30. The van der Waals surface area contributed by atoms with Crippen molar-refractivity contribution in [2.45, 2.75) is 147 Å². The van der Waals surface area contributed by atoms with Crippen LogP contribution in [0.5, 0.6) is 11.5 Å². The lowest BCUT2D eigenvalue weighted by Gasteiger charge is -2.41. The van der Waals surface area contributed by atoms with Crippen LogP contribution in [0.25, 0.3) is 11.3 Å². The highest BCUT2D eigenvalue weighted by molar-refractivity contribution is 6.31. The van der Waals surface area contributed by atoms with Crippen molar-refractivity contribution in [2.24, 2.45) is 13.0 Å². The van der Waals surface area contributed by atoms with E-state index < -0.39 is 53.8 Å². The number of benzene rings is 4. The topological polar surface area (TPSA) is 214 Å². The zero-order chi connectivity index (χ0) is 66.3. The SMILES string of the molecule is CCOC(=O)CCCN(CCCC(=O)OCC)CCC[C@H]1C(=O)N[C@@H](COC)C(=O)N(C)[C@@H](Cc2ccc(Cl)cc2)CC(=O)N[C@H]2CCCC[C@@H]2N(C)C(=O)[C@H](Cc2ccccc2)CC(=O)N1Cc1ccc(Cl)cc1Oc1ccc(-c2cnc(CN(C)C)n2C)cc1. The van der Waals surface area contributed by atoms with E-state index >= 15 is 19.2 Å². The normalized spacial score (nSPS) is 19.7. The monoisotopic (exact) mass is 1310 g/mol. The first-order chi connectivity index (χ1) is 44.2. The Kier molecular flexibility index (Phi) is 28.3. The standard InChI is InChI=1S/C70H93Cl2N9O11/c1-9-90-66(84)24-17-37-80(38-18-25-67(85)91-10-2)36-16-23-60-68(86)75-58(47-89-8)70(88)77(5)55(40-49-26-31-53(71)32-27-49)43-64(82)74-57-21-14-15-22-59(57)79(7)69(87)52(39-48-19-12-11-13-20-48)41-65(83)81(60)45-51-28-33-54(72)42-62(51)92-56-34-29-50(30-35-56)61-44-73-63(78(61)6)46-76(3)4/h11-13,19-20,26-35,42,44,52,55,57-60H,9-10,14-18,21-25,36-41,43,45-47H2,1-8H3,(H,74,82)(H,75,86)/t52-,55+,57+,58+,59+,60+/m1/s1. The number of fused-ring (bicyclic) bond motifs is 1. The van der Waals surface area contributed by atoms with Crippen molar-refractivity contribution < 1.29 is 52.5 Å². The fourth-order valence-electron chi connectivity index (χ4n) is 12.3. The number of rotatable bonds is 27. The Morgan fingerprint density at radius 3 is 2.01 bits per heavy atom. The first-order valence-electron chi connectivity index (χ1n) is 32.2. The van der Waals surface area contributed by atoms with Crippen molar-refractivity contribution in [1.82, 2.24) is 44.7 Å². The molecular formula is C70H93Cl2N9O11. The molecule has 22 heteroatoms. The molecule has 1 aliphatic heterocycles. The second kappa shape index (κ2) is 36.2. The zero-order valence-corrected chi connectivity index (χ0v) is 56.2. The molecule has 0 bridgehead atoms. The van der Waals surface area contributed by atoms with Gasteiger partial charge in [-0.3, -0.25) is 33.6 Å². The highest BCUT2D eigenvalue weighted by Crippen LogP contribution is 2.34. The minimum Gasteiger partial charge on any atom is -0.466 e. The molecule has 92 heavy (non-hydrogen) atoms. The molecule has 2 aliphatic rings. The molecule has 498 valence electrons. The predicted molar refractivity (Wildman–Crippen MR) is 355 cm³/mol. The number of hydrogen-bond acceptors (Lipinski definition) is 14. The largest absolute Gasteiger partial charge is 0.466 e. The lowest BCUT2D eigenvalue weighted by Crippen LogP contribution is -2.59. The first kappa shape index (κ1) is 72.1. The summed E-state index contributed by atoms with van der Waals surface area (Å²) in [6.45, 7) is 5.47. The number of ether oxygens (including phenoxy) is 4. The fraction of sp³-hybridized carbons (Fsp3) is 0.514. The van der Waals surface area contributed by atoms with Gasteiger partial charge in [-0.05, 0) is 159 Å². The molecule has 4 aromatic carbocycles. The maximum Gasteiger partial charge on any atom is 0.305 e. The summed E-state index contributed by atoms with van der Waals surface area (Å²) < 4.78 is 24.9. The van der Waals surface area contributed by atoms with E-state index in [0.29, 0.717) is 85.4 Å². The molecule has 1 aliphatic carbocycles. The molecule has 2 heterocycles. The summed E-state index contributed by atoms with van der Waals surface area (Å²) in [7, 11) is 10.7. The fourth-order valence-corrected chi connectivity index (χ4v) is 12.6. The van der Waals surface area contributed by atoms with Crippen molar-refractivity contribution in [3.63, 3.8) is 0 Å². The van der Waals surface area contributed by atoms with Crippen LogP contribution in [0.3, 0.4) is 0 Å². The van der Waals surface area contributed by atoms with E-state index in [1.54, 1.807) is 63.2 Å². The van der Waals surface area contributed by atoms with Gasteiger partial charge in [0.1, 0.15) is 29.4 Å². The third-order valence-electron chi connectivity index (χ3n) is 17.2. The second-order valence-electron chi connectivity index (χ2n) is 24.3. The average Bonchev–Trinajstić information content (AvgIpc) is 1.27. The maximum atomic E-state index is 16.2. The van der Waals surface area contributed by atoms with Gasteiger partial charge in [-0.2, -0.15) is 0 Å². The number of carbonyl (C=O) groups excluding carboxylic acids is 7. The van der Waals surface area contributed by atoms with Crippen LogP contribution in [0.2, 0.25) is 10.0 Å². The first-order valence-corrected chi connectivity index (χ1v) is 33.0. The molecule has 6 atom stereocenters. The molecular weight excluding hydrogens is 1210 g/mol. The minimum absolute atomic E-state index is 0.0450. The Hall–Kier alpha value is -7.36. The number of methoxy groups -OCH3 is 1. The number of aromatic nitrogens is 2. The Labute approximate surface area is 552 Å². The Morgan fingerprint density at radius 2 is 1.36 bits per heavy atom. The summed E-state index contributed by atoms with van der Waals surface area (Å²) in [5.41, 5.74) is 3.95. The van der Waals surface area contributed by atoms with Gasteiger partial charge in [0.2, 0.25) is 29.5 Å². The van der Waals surface area contributed by atoms with Crippen molar-refractivity contribution in [2.75, 3.05) is 74.8 Å². The lowest BCUT2D eigenvalue weighted by molar-refractivity contribution is -0.148. The molecule has 2 N–H and O–H groups in total. The van der Waals surface area contributed by atoms with Crippen LogP contribution in [0, 0.1) is 5.92 Å². The molecule has 0 spiro atoms. The zero-order valence-electron chi connectivity index (χ0n) is 54.7. The molecule has 0 unspecified atom stereocenters. The van der Waals surface area contributed by atoms with Crippen LogP contribution in [-0.4, -0.2) is 180 Å². The van der Waals surface area contributed by atoms with Crippen LogP contribution >= 0.6 is 23.2 Å². The van der Waals surface area contributed by atoms with Crippen molar-refractivity contribution >= 4 is 64.7 Å². The van der Waals surface area contributed by atoms with E-state index in [0.717, 1.165) is 41.1 Å². The van der Waals surface area contributed by atoms with Gasteiger partial charge >= 0.3 is 11.9 Å². The Morgan fingerprint density at radius 1 is 0.717 bits per heavy atom. The van der Waals surface area contributed by atoms with Crippen molar-refractivity contribution in [3.8, 4) is 22.8 Å². The molecule has 1 saturated carbocycles. The van der Waals surface area contributed by atoms with E-state index in [9.17, 15) is 14.4 Å². The number of likely N-dealkylation sites (N-methyl/N-ethyl adjacent to an activating group) is 2. The number of nitrogens with one attached hydrogen (secondary N) is 2. The summed E-state index contributed by atoms with van der Waals surface area (Å²) in [5, 5.41) is 7.18. The third-order valence-corrected chi connectivity index (χ3v) is 17.7. The summed E-state index contributed by atoms with van der Waals surface area (Å²) in [6, 6.07) is 25.1. The molecule has 0 radical (unpaired) electrons. The highest BCUT2D eigenvalue weighted by atomic mass is 35.5. The van der Waals surface area contributed by atoms with Gasteiger partial charge in [0, 0.05) is 87.2 Å². The summed E-state index contributed by atoms with van der Waals surface area (Å²) in [4.78, 5) is 116. The smallest absolute Gasteiger partial charge is 0.305 e. The van der Waals surface area contributed by atoms with Gasteiger partial charge in [0.05, 0.1) is 56.8 Å². The van der Waals surface area contributed by atoms with Gasteiger partial charge in [-0.1, -0.05) is 84.6 Å². The third kappa shape index (κ3) is 21.3. The molecule has 1 saturated heterocycles. The van der Waals surface area contributed by atoms with Gasteiger partial charge in [0.15, 0.2) is 0 Å². The van der Waals surface area contributed by atoms with Crippen LogP contribution in [0.4, 0.5) is 0 Å². The molecule has 5 aromatic rings. The van der Waals surface area contributed by atoms with Crippen LogP contribution < -0.4 is 15.4 Å². The molecule has 20 nitrogen and oxygen atoms in total. The number of carbonyl (C=O) groups is 7. The van der Waals surface area contributed by atoms with E-state index in [1.807, 2.05) is 98.6 Å². The van der Waals surface area contributed by atoms with E-state index in [-0.39, 0.29) is 95.1 Å². The number of esters is 2. The summed E-state index contributed by atoms with van der Waals surface area (Å²) >= 11 is 13.1. The maximum absolute atomic E-state index is 16.2. The summed E-state index contributed by atoms with van der Waals surface area (Å²) in [5.74, 6) is -2.24. The number of amides is 5. The van der Waals surface area contributed by atoms with Gasteiger partial charge < -0.3 is 58.6 Å². The Balaban J connectivity index is 1.34. The molecule has 5 amide bonds. The number of hydrogen-bond donors (Lipinski definition) is 2. The van der Waals surface area contributed by atoms with Gasteiger partial charge in [0.25, 0.3) is 0 Å². The van der Waals surface area contributed by atoms with E-state index in [4.69, 9.17) is 42.1 Å².